The molecule has 1 atom stereocenters. The first-order valence-electron chi connectivity index (χ1n) is 11.6. The SMILES string of the molecule is C=CCCc1ccc(-c2ccc(C(=O)N[C@@H](/C=C/CCNC(=O)OC(C)(C)C)C(=O)O)cc2)cc1. The van der Waals surface area contributed by atoms with Crippen molar-refractivity contribution in [3.8, 4) is 11.1 Å². The zero-order valence-corrected chi connectivity index (χ0v) is 20.5. The van der Waals surface area contributed by atoms with Gasteiger partial charge in [-0.1, -0.05) is 54.6 Å². The molecule has 0 spiro atoms. The number of carboxylic acids is 1. The lowest BCUT2D eigenvalue weighted by molar-refractivity contribution is -0.137. The third kappa shape index (κ3) is 9.88. The highest BCUT2D eigenvalue weighted by atomic mass is 16.6. The molecule has 2 aromatic rings. The van der Waals surface area contributed by atoms with E-state index in [1.54, 1.807) is 39.0 Å². The minimum atomic E-state index is -1.19. The molecule has 0 aliphatic heterocycles. The maximum atomic E-state index is 12.6. The Kier molecular flexibility index (Phi) is 10.3. The van der Waals surface area contributed by atoms with Gasteiger partial charge in [0.2, 0.25) is 0 Å². The molecule has 2 aromatic carbocycles. The van der Waals surface area contributed by atoms with Crippen molar-refractivity contribution in [1.29, 1.82) is 0 Å². The van der Waals surface area contributed by atoms with Crippen LogP contribution < -0.4 is 10.6 Å². The van der Waals surface area contributed by atoms with E-state index in [1.807, 2.05) is 30.3 Å². The molecule has 0 aromatic heterocycles. The van der Waals surface area contributed by atoms with Gasteiger partial charge in [-0.2, -0.15) is 0 Å². The average Bonchev–Trinajstić information content (AvgIpc) is 2.81. The molecular formula is C28H34N2O5. The number of carbonyl (C=O) groups excluding carboxylic acids is 2. The first-order chi connectivity index (χ1) is 16.6. The number of carbonyl (C=O) groups is 3. The second-order valence-electron chi connectivity index (χ2n) is 9.04. The first kappa shape index (κ1) is 27.4. The van der Waals surface area contributed by atoms with Crippen LogP contribution in [0.5, 0.6) is 0 Å². The second-order valence-corrected chi connectivity index (χ2v) is 9.04. The van der Waals surface area contributed by atoms with Crippen LogP contribution in [0, 0.1) is 0 Å². The molecule has 2 amide bonds. The fourth-order valence-corrected chi connectivity index (χ4v) is 3.17. The molecular weight excluding hydrogens is 444 g/mol. The van der Waals surface area contributed by atoms with Crippen molar-refractivity contribution in [2.24, 2.45) is 0 Å². The summed E-state index contributed by atoms with van der Waals surface area (Å²) in [6.07, 6.45) is 6.60. The Hall–Kier alpha value is -3.87. The topological polar surface area (TPSA) is 105 Å². The molecule has 3 N–H and O–H groups in total. The molecule has 0 saturated carbocycles. The number of nitrogens with one attached hydrogen (secondary N) is 2. The molecule has 35 heavy (non-hydrogen) atoms. The van der Waals surface area contributed by atoms with Gasteiger partial charge in [-0.25, -0.2) is 9.59 Å². The molecule has 7 nitrogen and oxygen atoms in total. The second kappa shape index (κ2) is 13.1. The van der Waals surface area contributed by atoms with Gasteiger partial charge in [0.1, 0.15) is 11.6 Å². The molecule has 186 valence electrons. The summed E-state index contributed by atoms with van der Waals surface area (Å²) in [5.74, 6) is -1.66. The molecule has 7 heteroatoms. The Balaban J connectivity index is 1.90. The highest BCUT2D eigenvalue weighted by Crippen LogP contribution is 2.21. The molecule has 2 rings (SSSR count). The number of benzene rings is 2. The molecule has 0 heterocycles. The molecule has 0 unspecified atom stereocenters. The number of amides is 2. The van der Waals surface area contributed by atoms with Crippen molar-refractivity contribution >= 4 is 18.0 Å². The highest BCUT2D eigenvalue weighted by molar-refractivity contribution is 5.97. The van der Waals surface area contributed by atoms with Gasteiger partial charge in [-0.15, -0.1) is 6.58 Å². The normalized spacial score (nSPS) is 12.1. The van der Waals surface area contributed by atoms with Gasteiger partial charge in [0.25, 0.3) is 5.91 Å². The number of hydrogen-bond acceptors (Lipinski definition) is 4. The fourth-order valence-electron chi connectivity index (χ4n) is 3.17. The zero-order chi connectivity index (χ0) is 25.8. The van der Waals surface area contributed by atoms with Crippen molar-refractivity contribution < 1.29 is 24.2 Å². The lowest BCUT2D eigenvalue weighted by Gasteiger charge is -2.19. The zero-order valence-electron chi connectivity index (χ0n) is 20.5. The number of aryl methyl sites for hydroxylation is 1. The van der Waals surface area contributed by atoms with E-state index in [0.717, 1.165) is 24.0 Å². The van der Waals surface area contributed by atoms with Crippen LogP contribution in [0.15, 0.2) is 73.3 Å². The predicted molar refractivity (Wildman–Crippen MR) is 137 cm³/mol. The van der Waals surface area contributed by atoms with E-state index >= 15 is 0 Å². The number of alkyl carbamates (subject to hydrolysis) is 1. The Morgan fingerprint density at radius 1 is 1.00 bits per heavy atom. The van der Waals surface area contributed by atoms with Crippen LogP contribution in [0.1, 0.15) is 49.5 Å². The lowest BCUT2D eigenvalue weighted by atomic mass is 10.0. The van der Waals surface area contributed by atoms with Gasteiger partial charge in [0.05, 0.1) is 0 Å². The third-order valence-electron chi connectivity index (χ3n) is 4.93. The van der Waals surface area contributed by atoms with Crippen LogP contribution in [0.2, 0.25) is 0 Å². The summed E-state index contributed by atoms with van der Waals surface area (Å²) < 4.78 is 5.13. The minimum Gasteiger partial charge on any atom is -0.479 e. The lowest BCUT2D eigenvalue weighted by Crippen LogP contribution is -2.39. The molecule has 0 bridgehead atoms. The first-order valence-corrected chi connectivity index (χ1v) is 11.6. The number of allylic oxidation sites excluding steroid dienone is 1. The van der Waals surface area contributed by atoms with Crippen molar-refractivity contribution in [1.82, 2.24) is 10.6 Å². The summed E-state index contributed by atoms with van der Waals surface area (Å²) in [5, 5.41) is 14.5. The van der Waals surface area contributed by atoms with Crippen LogP contribution in [-0.4, -0.2) is 41.3 Å². The molecule has 0 aliphatic rings. The van der Waals surface area contributed by atoms with Crippen molar-refractivity contribution in [2.75, 3.05) is 6.54 Å². The maximum Gasteiger partial charge on any atom is 0.407 e. The van der Waals surface area contributed by atoms with Gasteiger partial charge in [-0.05, 0) is 68.9 Å². The fraction of sp³-hybridized carbons (Fsp3) is 0.321. The Labute approximate surface area is 206 Å². The number of carboxylic acid groups (broad SMARTS) is 1. The summed E-state index contributed by atoms with van der Waals surface area (Å²) in [4.78, 5) is 35.8. The van der Waals surface area contributed by atoms with E-state index in [2.05, 4.69) is 29.3 Å². The quantitative estimate of drug-likeness (QED) is 0.307. The Morgan fingerprint density at radius 2 is 1.60 bits per heavy atom. The highest BCUT2D eigenvalue weighted by Gasteiger charge is 2.18. The van der Waals surface area contributed by atoms with Crippen LogP contribution in [0.4, 0.5) is 4.79 Å². The summed E-state index contributed by atoms with van der Waals surface area (Å²) in [5.41, 5.74) is 3.00. The molecule has 0 radical (unpaired) electrons. The van der Waals surface area contributed by atoms with Gasteiger partial charge in [0, 0.05) is 12.1 Å². The molecule has 0 fully saturated rings. The van der Waals surface area contributed by atoms with E-state index in [9.17, 15) is 19.5 Å². The van der Waals surface area contributed by atoms with Crippen molar-refractivity contribution in [3.05, 3.63) is 84.5 Å². The van der Waals surface area contributed by atoms with Crippen molar-refractivity contribution in [2.45, 2.75) is 51.7 Å². The van der Waals surface area contributed by atoms with Crippen LogP contribution in [0.3, 0.4) is 0 Å². The van der Waals surface area contributed by atoms with Gasteiger partial charge in [0.15, 0.2) is 0 Å². The summed E-state index contributed by atoms with van der Waals surface area (Å²) in [6.45, 7) is 9.32. The monoisotopic (exact) mass is 478 g/mol. The van der Waals surface area contributed by atoms with E-state index < -0.39 is 29.6 Å². The Morgan fingerprint density at radius 3 is 2.14 bits per heavy atom. The number of rotatable bonds is 11. The molecule has 0 saturated heterocycles. The van der Waals surface area contributed by atoms with Crippen LogP contribution in [0.25, 0.3) is 11.1 Å². The van der Waals surface area contributed by atoms with E-state index in [1.165, 1.54) is 11.6 Å². The van der Waals surface area contributed by atoms with E-state index in [-0.39, 0.29) is 6.54 Å². The third-order valence-corrected chi connectivity index (χ3v) is 4.93. The summed E-state index contributed by atoms with van der Waals surface area (Å²) >= 11 is 0. The maximum absolute atomic E-state index is 12.6. The largest absolute Gasteiger partial charge is 0.479 e. The van der Waals surface area contributed by atoms with E-state index in [0.29, 0.717) is 12.0 Å². The number of ether oxygens (including phenoxy) is 1. The smallest absolute Gasteiger partial charge is 0.407 e. The van der Waals surface area contributed by atoms with Crippen molar-refractivity contribution in [3.63, 3.8) is 0 Å². The standard InChI is InChI=1S/C28H34N2O5/c1-5-6-9-20-11-13-21(14-12-20)22-15-17-23(18-16-22)25(31)30-24(26(32)33)10-7-8-19-29-27(34)35-28(2,3)4/h5,7,10-18,24H,1,6,8-9,19H2,2-4H3,(H,29,34)(H,30,31)(H,32,33)/b10-7+/t24-/m0/s1. The van der Waals surface area contributed by atoms with Crippen LogP contribution >= 0.6 is 0 Å². The predicted octanol–water partition coefficient (Wildman–Crippen LogP) is 5.13. The minimum absolute atomic E-state index is 0.280. The van der Waals surface area contributed by atoms with Gasteiger partial charge in [-0.3, -0.25) is 4.79 Å². The van der Waals surface area contributed by atoms with Gasteiger partial charge >= 0.3 is 12.1 Å². The summed E-state index contributed by atoms with van der Waals surface area (Å²) in [6, 6.07) is 14.0. The summed E-state index contributed by atoms with van der Waals surface area (Å²) in [7, 11) is 0. The Bertz CT molecular complexity index is 1030. The molecule has 0 aliphatic carbocycles. The number of hydrogen-bond donors (Lipinski definition) is 3. The van der Waals surface area contributed by atoms with E-state index in [4.69, 9.17) is 4.74 Å². The number of aliphatic carboxylic acids is 1. The van der Waals surface area contributed by atoms with Crippen LogP contribution in [-0.2, 0) is 16.0 Å². The van der Waals surface area contributed by atoms with Gasteiger partial charge < -0.3 is 20.5 Å². The average molecular weight is 479 g/mol.